The second kappa shape index (κ2) is 6.56. The number of nitrogens with one attached hydrogen (secondary N) is 1. The SMILES string of the molecule is C[C@@H]1N=C(C(C)(C)C)N2C[C@H](NS(=O)(=O)C3CC(O)C3)CC2=C1C(C)(C)C. The molecule has 7 heteroatoms. The number of fused-ring (bicyclic) bond motifs is 1. The Morgan fingerprint density at radius 3 is 2.19 bits per heavy atom. The summed E-state index contributed by atoms with van der Waals surface area (Å²) in [6, 6.07) is -0.0550. The van der Waals surface area contributed by atoms with Crippen molar-refractivity contribution in [3.8, 4) is 0 Å². The smallest absolute Gasteiger partial charge is 0.215 e. The molecule has 0 amide bonds. The molecule has 3 aliphatic rings. The van der Waals surface area contributed by atoms with Gasteiger partial charge in [-0.25, -0.2) is 13.1 Å². The Kier molecular flexibility index (Phi) is 5.06. The molecule has 27 heavy (non-hydrogen) atoms. The van der Waals surface area contributed by atoms with Gasteiger partial charge in [-0.15, -0.1) is 0 Å². The lowest BCUT2D eigenvalue weighted by atomic mass is 9.79. The molecule has 2 aliphatic heterocycles. The van der Waals surface area contributed by atoms with Crippen molar-refractivity contribution in [3.63, 3.8) is 0 Å². The van der Waals surface area contributed by atoms with Crippen molar-refractivity contribution >= 4 is 15.9 Å². The minimum absolute atomic E-state index is 0.0221. The third-order valence-electron chi connectivity index (χ3n) is 5.79. The highest BCUT2D eigenvalue weighted by Crippen LogP contribution is 2.43. The summed E-state index contributed by atoms with van der Waals surface area (Å²) in [5.74, 6) is 1.04. The van der Waals surface area contributed by atoms with Crippen LogP contribution in [0.15, 0.2) is 16.3 Å². The third-order valence-corrected chi connectivity index (χ3v) is 7.71. The monoisotopic (exact) mass is 397 g/mol. The van der Waals surface area contributed by atoms with Gasteiger partial charge in [-0.2, -0.15) is 0 Å². The molecule has 1 saturated heterocycles. The summed E-state index contributed by atoms with van der Waals surface area (Å²) in [7, 11) is -3.40. The molecule has 0 bridgehead atoms. The van der Waals surface area contributed by atoms with E-state index in [0.29, 0.717) is 25.8 Å². The van der Waals surface area contributed by atoms with E-state index in [2.05, 4.69) is 58.1 Å². The molecule has 2 atom stereocenters. The number of aliphatic hydroxyl groups is 1. The van der Waals surface area contributed by atoms with E-state index in [0.717, 1.165) is 5.84 Å². The maximum Gasteiger partial charge on any atom is 0.215 e. The predicted molar refractivity (Wildman–Crippen MR) is 109 cm³/mol. The van der Waals surface area contributed by atoms with Gasteiger partial charge in [0, 0.05) is 30.1 Å². The molecule has 6 nitrogen and oxygen atoms in total. The summed E-state index contributed by atoms with van der Waals surface area (Å²) in [6.07, 6.45) is 0.902. The molecule has 2 heterocycles. The molecule has 2 N–H and O–H groups in total. The Morgan fingerprint density at radius 1 is 1.11 bits per heavy atom. The van der Waals surface area contributed by atoms with E-state index < -0.39 is 21.4 Å². The topological polar surface area (TPSA) is 82.0 Å². The van der Waals surface area contributed by atoms with Crippen LogP contribution >= 0.6 is 0 Å². The van der Waals surface area contributed by atoms with Gasteiger partial charge in [-0.1, -0.05) is 41.5 Å². The molecule has 154 valence electrons. The fourth-order valence-corrected chi connectivity index (χ4v) is 6.39. The fraction of sp³-hybridized carbons (Fsp3) is 0.850. The van der Waals surface area contributed by atoms with E-state index >= 15 is 0 Å². The first-order valence-electron chi connectivity index (χ1n) is 9.98. The molecule has 0 aromatic heterocycles. The molecular weight excluding hydrogens is 362 g/mol. The fourth-order valence-electron chi connectivity index (χ4n) is 4.62. The van der Waals surface area contributed by atoms with Crippen LogP contribution in [0, 0.1) is 10.8 Å². The summed E-state index contributed by atoms with van der Waals surface area (Å²) in [6.45, 7) is 15.8. The van der Waals surface area contributed by atoms with Crippen LogP contribution < -0.4 is 4.72 Å². The lowest BCUT2D eigenvalue weighted by molar-refractivity contribution is 0.0972. The Bertz CT molecular complexity index is 765. The zero-order chi connectivity index (χ0) is 20.4. The van der Waals surface area contributed by atoms with Gasteiger partial charge in [-0.05, 0) is 30.8 Å². The van der Waals surface area contributed by atoms with Crippen molar-refractivity contribution in [1.82, 2.24) is 9.62 Å². The Hall–Kier alpha value is -0.920. The van der Waals surface area contributed by atoms with Gasteiger partial charge in [0.05, 0.1) is 17.4 Å². The van der Waals surface area contributed by atoms with Gasteiger partial charge >= 0.3 is 0 Å². The number of hydrogen-bond donors (Lipinski definition) is 2. The second-order valence-electron chi connectivity index (χ2n) is 10.4. The summed E-state index contributed by atoms with van der Waals surface area (Å²) in [5, 5.41) is 9.00. The predicted octanol–water partition coefficient (Wildman–Crippen LogP) is 2.65. The van der Waals surface area contributed by atoms with E-state index in [-0.39, 0.29) is 22.9 Å². The van der Waals surface area contributed by atoms with E-state index in [1.807, 2.05) is 0 Å². The van der Waals surface area contributed by atoms with Crippen LogP contribution in [-0.2, 0) is 10.0 Å². The standard InChI is InChI=1S/C20H35N3O3S/c1-12-17(19(2,3)4)16-8-13(11-23(16)18(21-12)20(5,6)7)22-27(25,26)15-9-14(24)10-15/h12-15,22,24H,8-11H2,1-7H3/t12-,13+,14?,15?/m0/s1. The number of aliphatic imine (C=N–C) groups is 1. The summed E-state index contributed by atoms with van der Waals surface area (Å²) in [4.78, 5) is 7.28. The van der Waals surface area contributed by atoms with Crippen LogP contribution in [0.2, 0.25) is 0 Å². The van der Waals surface area contributed by atoms with Crippen molar-refractivity contribution in [2.75, 3.05) is 6.54 Å². The normalized spacial score (nSPS) is 32.3. The van der Waals surface area contributed by atoms with Crippen LogP contribution in [-0.4, -0.2) is 54.2 Å². The number of rotatable bonds is 3. The van der Waals surface area contributed by atoms with Gasteiger partial charge in [0.25, 0.3) is 0 Å². The maximum atomic E-state index is 12.7. The molecule has 0 radical (unpaired) electrons. The first kappa shape index (κ1) is 20.8. The number of sulfonamides is 1. The highest BCUT2D eigenvalue weighted by Gasteiger charge is 2.45. The van der Waals surface area contributed by atoms with Crippen molar-refractivity contribution in [1.29, 1.82) is 0 Å². The number of hydrogen-bond acceptors (Lipinski definition) is 5. The van der Waals surface area contributed by atoms with Crippen molar-refractivity contribution in [3.05, 3.63) is 11.3 Å². The van der Waals surface area contributed by atoms with E-state index in [4.69, 9.17) is 4.99 Å². The van der Waals surface area contributed by atoms with Crippen LogP contribution in [0.5, 0.6) is 0 Å². The Morgan fingerprint density at radius 2 is 1.70 bits per heavy atom. The first-order chi connectivity index (χ1) is 12.2. The zero-order valence-corrected chi connectivity index (χ0v) is 18.5. The lowest BCUT2D eigenvalue weighted by Crippen LogP contribution is -2.49. The van der Waals surface area contributed by atoms with Gasteiger partial charge in [0.1, 0.15) is 5.84 Å². The van der Waals surface area contributed by atoms with Gasteiger partial charge in [-0.3, -0.25) is 4.99 Å². The molecule has 3 rings (SSSR count). The maximum absolute atomic E-state index is 12.7. The number of aliphatic hydroxyl groups excluding tert-OH is 1. The zero-order valence-electron chi connectivity index (χ0n) is 17.7. The summed E-state index contributed by atoms with van der Waals surface area (Å²) >= 11 is 0. The molecule has 2 fully saturated rings. The molecule has 0 spiro atoms. The van der Waals surface area contributed by atoms with Crippen LogP contribution in [0.3, 0.4) is 0 Å². The van der Waals surface area contributed by atoms with Crippen LogP contribution in [0.4, 0.5) is 0 Å². The highest BCUT2D eigenvalue weighted by atomic mass is 32.2. The van der Waals surface area contributed by atoms with Crippen LogP contribution in [0.25, 0.3) is 0 Å². The third kappa shape index (κ3) is 3.96. The Labute approximate surface area is 164 Å². The Balaban J connectivity index is 1.90. The number of amidine groups is 1. The van der Waals surface area contributed by atoms with Crippen molar-refractivity contribution < 1.29 is 13.5 Å². The van der Waals surface area contributed by atoms with Crippen molar-refractivity contribution in [2.24, 2.45) is 15.8 Å². The molecule has 1 aliphatic carbocycles. The average Bonchev–Trinajstić information content (AvgIpc) is 2.81. The average molecular weight is 398 g/mol. The summed E-state index contributed by atoms with van der Waals surface area (Å²) < 4.78 is 28.2. The van der Waals surface area contributed by atoms with Gasteiger partial charge < -0.3 is 10.0 Å². The van der Waals surface area contributed by atoms with Crippen molar-refractivity contribution in [2.45, 2.75) is 91.2 Å². The molecule has 0 aromatic rings. The minimum Gasteiger partial charge on any atom is -0.393 e. The largest absolute Gasteiger partial charge is 0.393 e. The van der Waals surface area contributed by atoms with Gasteiger partial charge in [0.15, 0.2) is 0 Å². The molecule has 0 aromatic carbocycles. The van der Waals surface area contributed by atoms with Crippen LogP contribution in [0.1, 0.15) is 67.7 Å². The second-order valence-corrected chi connectivity index (χ2v) is 12.4. The number of nitrogens with zero attached hydrogens (tertiary/aromatic N) is 2. The molecular formula is C20H35N3O3S. The molecule has 0 unspecified atom stereocenters. The van der Waals surface area contributed by atoms with E-state index in [1.165, 1.54) is 11.3 Å². The quantitative estimate of drug-likeness (QED) is 0.767. The van der Waals surface area contributed by atoms with Gasteiger partial charge in [0.2, 0.25) is 10.0 Å². The van der Waals surface area contributed by atoms with E-state index in [1.54, 1.807) is 0 Å². The minimum atomic E-state index is -3.40. The first-order valence-corrected chi connectivity index (χ1v) is 11.5. The lowest BCUT2D eigenvalue weighted by Gasteiger charge is -2.41. The van der Waals surface area contributed by atoms with E-state index in [9.17, 15) is 13.5 Å². The summed E-state index contributed by atoms with van der Waals surface area (Å²) in [5.41, 5.74) is 2.41. The molecule has 1 saturated carbocycles. The highest BCUT2D eigenvalue weighted by molar-refractivity contribution is 7.90.